The summed E-state index contributed by atoms with van der Waals surface area (Å²) in [6.07, 6.45) is 0.757. The zero-order valence-corrected chi connectivity index (χ0v) is 11.7. The molecule has 2 atom stereocenters. The molecular formula is C18H21NO. The van der Waals surface area contributed by atoms with Crippen molar-refractivity contribution < 1.29 is 5.11 Å². The molecule has 104 valence electrons. The van der Waals surface area contributed by atoms with Crippen LogP contribution < -0.4 is 0 Å². The van der Waals surface area contributed by atoms with E-state index in [1.165, 1.54) is 11.1 Å². The fraction of sp³-hybridized carbons (Fsp3) is 0.333. The molecule has 0 amide bonds. The van der Waals surface area contributed by atoms with E-state index in [1.807, 2.05) is 12.1 Å². The molecule has 20 heavy (non-hydrogen) atoms. The fourth-order valence-electron chi connectivity index (χ4n) is 3.07. The van der Waals surface area contributed by atoms with Crippen LogP contribution in [0.15, 0.2) is 60.7 Å². The molecule has 1 saturated heterocycles. The van der Waals surface area contributed by atoms with E-state index in [2.05, 4.69) is 53.4 Å². The molecule has 3 rings (SSSR count). The number of aliphatic hydroxyl groups excluding tert-OH is 1. The SMILES string of the molecule is O[C@H]1CN(Cc2ccccc2)CC[C@@H]1c1ccccc1. The predicted octanol–water partition coefficient (Wildman–Crippen LogP) is 3.04. The number of aliphatic hydroxyl groups is 1. The van der Waals surface area contributed by atoms with E-state index in [-0.39, 0.29) is 12.0 Å². The predicted molar refractivity (Wildman–Crippen MR) is 81.5 cm³/mol. The molecule has 0 spiro atoms. The van der Waals surface area contributed by atoms with Crippen molar-refractivity contribution in [3.05, 3.63) is 71.8 Å². The summed E-state index contributed by atoms with van der Waals surface area (Å²) in [5.74, 6) is 0.281. The summed E-state index contributed by atoms with van der Waals surface area (Å²) in [6, 6.07) is 20.9. The first-order chi connectivity index (χ1) is 9.83. The molecule has 1 fully saturated rings. The minimum absolute atomic E-state index is 0.269. The molecule has 2 aromatic carbocycles. The second-order valence-corrected chi connectivity index (χ2v) is 5.59. The average molecular weight is 267 g/mol. The molecular weight excluding hydrogens is 246 g/mol. The van der Waals surface area contributed by atoms with Crippen molar-refractivity contribution in [2.24, 2.45) is 0 Å². The Balaban J connectivity index is 1.62. The highest BCUT2D eigenvalue weighted by atomic mass is 16.3. The van der Waals surface area contributed by atoms with Crippen molar-refractivity contribution in [3.63, 3.8) is 0 Å². The van der Waals surface area contributed by atoms with Crippen LogP contribution in [0, 0.1) is 0 Å². The summed E-state index contributed by atoms with van der Waals surface area (Å²) >= 11 is 0. The molecule has 0 aliphatic carbocycles. The maximum atomic E-state index is 10.4. The number of rotatable bonds is 3. The highest BCUT2D eigenvalue weighted by molar-refractivity contribution is 5.22. The van der Waals surface area contributed by atoms with E-state index >= 15 is 0 Å². The number of hydrogen-bond donors (Lipinski definition) is 1. The third-order valence-electron chi connectivity index (χ3n) is 4.14. The van der Waals surface area contributed by atoms with Crippen LogP contribution in [0.2, 0.25) is 0 Å². The van der Waals surface area contributed by atoms with Gasteiger partial charge in [-0.15, -0.1) is 0 Å². The highest BCUT2D eigenvalue weighted by Gasteiger charge is 2.28. The minimum atomic E-state index is -0.269. The van der Waals surface area contributed by atoms with E-state index in [4.69, 9.17) is 0 Å². The third kappa shape index (κ3) is 3.09. The van der Waals surface area contributed by atoms with Crippen molar-refractivity contribution in [2.75, 3.05) is 13.1 Å². The van der Waals surface area contributed by atoms with Gasteiger partial charge in [0.1, 0.15) is 0 Å². The van der Waals surface area contributed by atoms with Crippen molar-refractivity contribution in [1.82, 2.24) is 4.90 Å². The second-order valence-electron chi connectivity index (χ2n) is 5.59. The Hall–Kier alpha value is -1.64. The normalized spacial score (nSPS) is 23.6. The zero-order chi connectivity index (χ0) is 13.8. The molecule has 0 aromatic heterocycles. The van der Waals surface area contributed by atoms with Gasteiger partial charge >= 0.3 is 0 Å². The van der Waals surface area contributed by atoms with Crippen LogP contribution in [-0.4, -0.2) is 29.2 Å². The molecule has 1 aliphatic heterocycles. The van der Waals surface area contributed by atoms with Gasteiger partial charge in [0, 0.05) is 19.0 Å². The molecule has 1 N–H and O–H groups in total. The number of benzene rings is 2. The van der Waals surface area contributed by atoms with E-state index < -0.39 is 0 Å². The zero-order valence-electron chi connectivity index (χ0n) is 11.7. The molecule has 2 aromatic rings. The van der Waals surface area contributed by atoms with Gasteiger partial charge in [-0.3, -0.25) is 4.90 Å². The van der Waals surface area contributed by atoms with E-state index in [9.17, 15) is 5.11 Å². The average Bonchev–Trinajstić information content (AvgIpc) is 2.49. The Morgan fingerprint density at radius 2 is 1.60 bits per heavy atom. The van der Waals surface area contributed by atoms with Gasteiger partial charge in [0.05, 0.1) is 6.10 Å². The summed E-state index contributed by atoms with van der Waals surface area (Å²) in [7, 11) is 0. The van der Waals surface area contributed by atoms with Gasteiger partial charge in [-0.25, -0.2) is 0 Å². The summed E-state index contributed by atoms with van der Waals surface area (Å²) in [6.45, 7) is 2.74. The van der Waals surface area contributed by atoms with Gasteiger partial charge in [-0.1, -0.05) is 60.7 Å². The second kappa shape index (κ2) is 6.21. The lowest BCUT2D eigenvalue weighted by atomic mass is 9.87. The lowest BCUT2D eigenvalue weighted by molar-refractivity contribution is 0.0477. The molecule has 1 heterocycles. The molecule has 2 nitrogen and oxygen atoms in total. The lowest BCUT2D eigenvalue weighted by Gasteiger charge is -2.36. The molecule has 0 unspecified atom stereocenters. The molecule has 1 aliphatic rings. The first kappa shape index (κ1) is 13.3. The van der Waals surface area contributed by atoms with Gasteiger partial charge in [-0.05, 0) is 24.1 Å². The molecule has 2 heteroatoms. The van der Waals surface area contributed by atoms with Crippen LogP contribution in [0.4, 0.5) is 0 Å². The Bertz CT molecular complexity index is 526. The number of likely N-dealkylation sites (tertiary alicyclic amines) is 1. The molecule has 0 saturated carbocycles. The van der Waals surface area contributed by atoms with Gasteiger partial charge in [-0.2, -0.15) is 0 Å². The maximum absolute atomic E-state index is 10.4. The maximum Gasteiger partial charge on any atom is 0.0736 e. The first-order valence-electron chi connectivity index (χ1n) is 7.32. The van der Waals surface area contributed by atoms with E-state index in [0.29, 0.717) is 0 Å². The van der Waals surface area contributed by atoms with Crippen molar-refractivity contribution in [3.8, 4) is 0 Å². The quantitative estimate of drug-likeness (QED) is 0.924. The summed E-state index contributed by atoms with van der Waals surface area (Å²) in [5.41, 5.74) is 2.58. The summed E-state index contributed by atoms with van der Waals surface area (Å²) < 4.78 is 0. The van der Waals surface area contributed by atoms with E-state index in [1.54, 1.807) is 0 Å². The number of β-amino-alcohol motifs (C(OH)–C–C–N with tert-alkyl or cyclic N) is 1. The Morgan fingerprint density at radius 3 is 2.25 bits per heavy atom. The number of hydrogen-bond acceptors (Lipinski definition) is 2. The smallest absolute Gasteiger partial charge is 0.0736 e. The fourth-order valence-corrected chi connectivity index (χ4v) is 3.07. The number of piperidine rings is 1. The Kier molecular flexibility index (Phi) is 4.14. The van der Waals surface area contributed by atoms with Gasteiger partial charge in [0.25, 0.3) is 0 Å². The monoisotopic (exact) mass is 267 g/mol. The van der Waals surface area contributed by atoms with Crippen LogP contribution in [-0.2, 0) is 6.54 Å². The first-order valence-corrected chi connectivity index (χ1v) is 7.32. The van der Waals surface area contributed by atoms with E-state index in [0.717, 1.165) is 26.1 Å². The van der Waals surface area contributed by atoms with Gasteiger partial charge < -0.3 is 5.11 Å². The van der Waals surface area contributed by atoms with Crippen LogP contribution in [0.25, 0.3) is 0 Å². The highest BCUT2D eigenvalue weighted by Crippen LogP contribution is 2.28. The standard InChI is InChI=1S/C18H21NO/c20-18-14-19(13-15-7-3-1-4-8-15)12-11-17(18)16-9-5-2-6-10-16/h1-10,17-18,20H,11-14H2/t17-,18+/m1/s1. The van der Waals surface area contributed by atoms with Crippen LogP contribution in [0.3, 0.4) is 0 Å². The topological polar surface area (TPSA) is 23.5 Å². The van der Waals surface area contributed by atoms with Crippen LogP contribution >= 0.6 is 0 Å². The number of nitrogens with zero attached hydrogens (tertiary/aromatic N) is 1. The van der Waals surface area contributed by atoms with Crippen LogP contribution in [0.5, 0.6) is 0 Å². The minimum Gasteiger partial charge on any atom is -0.391 e. The van der Waals surface area contributed by atoms with Gasteiger partial charge in [0.15, 0.2) is 0 Å². The molecule has 0 radical (unpaired) electrons. The Morgan fingerprint density at radius 1 is 0.950 bits per heavy atom. The summed E-state index contributed by atoms with van der Waals surface area (Å²) in [5, 5.41) is 10.4. The Labute approximate surface area is 120 Å². The van der Waals surface area contributed by atoms with Crippen LogP contribution in [0.1, 0.15) is 23.5 Å². The van der Waals surface area contributed by atoms with Crippen molar-refractivity contribution >= 4 is 0 Å². The molecule has 0 bridgehead atoms. The van der Waals surface area contributed by atoms with Gasteiger partial charge in [0.2, 0.25) is 0 Å². The van der Waals surface area contributed by atoms with Crippen molar-refractivity contribution in [2.45, 2.75) is 25.0 Å². The largest absolute Gasteiger partial charge is 0.391 e. The third-order valence-corrected chi connectivity index (χ3v) is 4.14. The summed E-state index contributed by atoms with van der Waals surface area (Å²) in [4.78, 5) is 2.35. The van der Waals surface area contributed by atoms with Crippen molar-refractivity contribution in [1.29, 1.82) is 0 Å². The lowest BCUT2D eigenvalue weighted by Crippen LogP contribution is -2.42.